The summed E-state index contributed by atoms with van der Waals surface area (Å²) in [4.78, 5) is 14.2. The minimum absolute atomic E-state index is 0.155. The summed E-state index contributed by atoms with van der Waals surface area (Å²) in [6.45, 7) is 0. The topological polar surface area (TPSA) is 76.2 Å². The molecule has 0 amide bonds. The number of carbonyl (C=O) groups is 1. The van der Waals surface area contributed by atoms with Gasteiger partial charge >= 0.3 is 5.97 Å². The molecule has 0 aromatic carbocycles. The largest absolute Gasteiger partial charge is 0.480 e. The molecule has 0 saturated carbocycles. The highest BCUT2D eigenvalue weighted by atomic mass is 35.5. The Bertz CT molecular complexity index is 323. The molecular formula is C7H6Cl2N2O2. The molecule has 6 heteroatoms. The van der Waals surface area contributed by atoms with Crippen molar-refractivity contribution >= 4 is 29.2 Å². The van der Waals surface area contributed by atoms with E-state index in [9.17, 15) is 4.79 Å². The summed E-state index contributed by atoms with van der Waals surface area (Å²) in [7, 11) is 0. The van der Waals surface area contributed by atoms with Crippen LogP contribution in [0.1, 0.15) is 11.6 Å². The highest BCUT2D eigenvalue weighted by Gasteiger charge is 2.20. The van der Waals surface area contributed by atoms with E-state index >= 15 is 0 Å². The van der Waals surface area contributed by atoms with Crippen LogP contribution >= 0.6 is 23.2 Å². The van der Waals surface area contributed by atoms with Gasteiger partial charge in [-0.2, -0.15) is 0 Å². The van der Waals surface area contributed by atoms with E-state index in [1.54, 1.807) is 0 Å². The molecule has 1 heterocycles. The summed E-state index contributed by atoms with van der Waals surface area (Å²) in [6.07, 6.45) is 2.59. The van der Waals surface area contributed by atoms with Crippen LogP contribution in [0.25, 0.3) is 0 Å². The SMILES string of the molecule is N[C@@H](C(=O)O)c1c(Cl)cncc1Cl. The van der Waals surface area contributed by atoms with Crippen LogP contribution in [-0.4, -0.2) is 16.1 Å². The Balaban J connectivity index is 3.20. The predicted molar refractivity (Wildman–Crippen MR) is 48.8 cm³/mol. The molecule has 0 spiro atoms. The smallest absolute Gasteiger partial charge is 0.325 e. The van der Waals surface area contributed by atoms with Crippen LogP contribution in [0.5, 0.6) is 0 Å². The maximum atomic E-state index is 10.5. The van der Waals surface area contributed by atoms with Crippen molar-refractivity contribution in [2.75, 3.05) is 0 Å². The highest BCUT2D eigenvalue weighted by Crippen LogP contribution is 2.27. The Hall–Kier alpha value is -0.840. The van der Waals surface area contributed by atoms with Crippen LogP contribution in [-0.2, 0) is 4.79 Å². The molecule has 13 heavy (non-hydrogen) atoms. The van der Waals surface area contributed by atoms with E-state index in [0.717, 1.165) is 0 Å². The lowest BCUT2D eigenvalue weighted by atomic mass is 10.1. The molecule has 0 radical (unpaired) electrons. The first-order chi connectivity index (χ1) is 6.04. The quantitative estimate of drug-likeness (QED) is 0.792. The molecule has 0 aliphatic rings. The van der Waals surface area contributed by atoms with E-state index in [0.29, 0.717) is 0 Å². The zero-order chi connectivity index (χ0) is 10.0. The number of aromatic nitrogens is 1. The van der Waals surface area contributed by atoms with E-state index < -0.39 is 12.0 Å². The van der Waals surface area contributed by atoms with Gasteiger partial charge in [0.05, 0.1) is 10.0 Å². The van der Waals surface area contributed by atoms with Gasteiger partial charge in [0.2, 0.25) is 0 Å². The molecule has 0 aliphatic heterocycles. The van der Waals surface area contributed by atoms with Crippen molar-refractivity contribution in [2.24, 2.45) is 5.73 Å². The lowest BCUT2D eigenvalue weighted by molar-refractivity contribution is -0.138. The lowest BCUT2D eigenvalue weighted by Gasteiger charge is -2.09. The fraction of sp³-hybridized carbons (Fsp3) is 0.143. The Labute approximate surface area is 84.3 Å². The van der Waals surface area contributed by atoms with Crippen molar-refractivity contribution in [3.63, 3.8) is 0 Å². The molecule has 70 valence electrons. The third-order valence-corrected chi connectivity index (χ3v) is 2.07. The first-order valence-corrected chi connectivity index (χ1v) is 4.07. The lowest BCUT2D eigenvalue weighted by Crippen LogP contribution is -2.21. The molecule has 0 unspecified atom stereocenters. The van der Waals surface area contributed by atoms with E-state index in [1.807, 2.05) is 0 Å². The summed E-state index contributed by atoms with van der Waals surface area (Å²) in [5, 5.41) is 8.93. The molecule has 1 atom stereocenters. The minimum Gasteiger partial charge on any atom is -0.480 e. The number of nitrogens with zero attached hydrogens (tertiary/aromatic N) is 1. The molecule has 0 aliphatic carbocycles. The predicted octanol–water partition coefficient (Wildman–Crippen LogP) is 1.47. The monoisotopic (exact) mass is 220 g/mol. The van der Waals surface area contributed by atoms with Crippen molar-refractivity contribution < 1.29 is 9.90 Å². The van der Waals surface area contributed by atoms with E-state index in [1.165, 1.54) is 12.4 Å². The van der Waals surface area contributed by atoms with Gasteiger partial charge in [-0.25, -0.2) is 0 Å². The Kier molecular flexibility index (Phi) is 3.08. The Morgan fingerprint density at radius 1 is 1.46 bits per heavy atom. The minimum atomic E-state index is -1.22. The van der Waals surface area contributed by atoms with Gasteiger partial charge in [0, 0.05) is 18.0 Å². The number of halogens is 2. The number of pyridine rings is 1. The van der Waals surface area contributed by atoms with Gasteiger partial charge in [0.15, 0.2) is 0 Å². The first-order valence-electron chi connectivity index (χ1n) is 3.31. The van der Waals surface area contributed by atoms with Crippen LogP contribution < -0.4 is 5.73 Å². The molecule has 0 saturated heterocycles. The van der Waals surface area contributed by atoms with Gasteiger partial charge in [-0.05, 0) is 0 Å². The number of rotatable bonds is 2. The van der Waals surface area contributed by atoms with E-state index in [2.05, 4.69) is 4.98 Å². The number of carboxylic acids is 1. The summed E-state index contributed by atoms with van der Waals surface area (Å²) in [6, 6.07) is -1.22. The third-order valence-electron chi connectivity index (χ3n) is 1.47. The van der Waals surface area contributed by atoms with Crippen molar-refractivity contribution in [3.05, 3.63) is 28.0 Å². The fourth-order valence-electron chi connectivity index (χ4n) is 0.842. The van der Waals surface area contributed by atoms with Crippen molar-refractivity contribution in [1.82, 2.24) is 4.98 Å². The molecular weight excluding hydrogens is 215 g/mol. The molecule has 4 nitrogen and oxygen atoms in total. The molecule has 1 aromatic heterocycles. The number of hydrogen-bond acceptors (Lipinski definition) is 3. The Morgan fingerprint density at radius 3 is 2.31 bits per heavy atom. The average Bonchev–Trinajstić information content (AvgIpc) is 2.03. The number of nitrogens with two attached hydrogens (primary N) is 1. The zero-order valence-corrected chi connectivity index (χ0v) is 7.88. The maximum Gasteiger partial charge on any atom is 0.325 e. The standard InChI is InChI=1S/C7H6Cl2N2O2/c8-3-1-11-2-4(9)5(3)6(10)7(12)13/h1-2,6H,10H2,(H,12,13)/t6-/m1/s1. The van der Waals surface area contributed by atoms with E-state index in [-0.39, 0.29) is 15.6 Å². The van der Waals surface area contributed by atoms with Crippen molar-refractivity contribution in [1.29, 1.82) is 0 Å². The van der Waals surface area contributed by atoms with Gasteiger partial charge < -0.3 is 10.8 Å². The van der Waals surface area contributed by atoms with Gasteiger partial charge in [-0.1, -0.05) is 23.2 Å². The zero-order valence-electron chi connectivity index (χ0n) is 6.37. The molecule has 1 aromatic rings. The fourth-order valence-corrected chi connectivity index (χ4v) is 1.44. The van der Waals surface area contributed by atoms with Crippen LogP contribution in [0.15, 0.2) is 12.4 Å². The van der Waals surface area contributed by atoms with Crippen LogP contribution in [0, 0.1) is 0 Å². The summed E-state index contributed by atoms with van der Waals surface area (Å²) >= 11 is 11.4. The van der Waals surface area contributed by atoms with Crippen LogP contribution in [0.2, 0.25) is 10.0 Å². The van der Waals surface area contributed by atoms with Crippen molar-refractivity contribution in [3.8, 4) is 0 Å². The molecule has 3 N–H and O–H groups in total. The highest BCUT2D eigenvalue weighted by molar-refractivity contribution is 6.36. The summed E-state index contributed by atoms with van der Waals surface area (Å²) in [5.41, 5.74) is 5.53. The van der Waals surface area contributed by atoms with E-state index in [4.69, 9.17) is 34.0 Å². The first kappa shape index (κ1) is 10.2. The second kappa shape index (κ2) is 3.91. The normalized spacial score (nSPS) is 12.5. The second-order valence-corrected chi connectivity index (χ2v) is 3.15. The van der Waals surface area contributed by atoms with Gasteiger partial charge in [-0.15, -0.1) is 0 Å². The van der Waals surface area contributed by atoms with Gasteiger partial charge in [0.25, 0.3) is 0 Å². The average molecular weight is 221 g/mol. The Morgan fingerprint density at radius 2 is 1.92 bits per heavy atom. The summed E-state index contributed by atoms with van der Waals surface area (Å²) in [5.74, 6) is -1.19. The number of aliphatic carboxylic acids is 1. The number of carboxylic acid groups (broad SMARTS) is 1. The molecule has 0 fully saturated rings. The van der Waals surface area contributed by atoms with Gasteiger partial charge in [0.1, 0.15) is 6.04 Å². The molecule has 1 rings (SSSR count). The van der Waals surface area contributed by atoms with Crippen LogP contribution in [0.3, 0.4) is 0 Å². The third kappa shape index (κ3) is 2.09. The second-order valence-electron chi connectivity index (χ2n) is 2.33. The van der Waals surface area contributed by atoms with Gasteiger partial charge in [-0.3, -0.25) is 9.78 Å². The molecule has 0 bridgehead atoms. The maximum absolute atomic E-state index is 10.5. The van der Waals surface area contributed by atoms with Crippen LogP contribution in [0.4, 0.5) is 0 Å². The van der Waals surface area contributed by atoms with Crippen molar-refractivity contribution in [2.45, 2.75) is 6.04 Å². The summed E-state index contributed by atoms with van der Waals surface area (Å²) < 4.78 is 0. The number of hydrogen-bond donors (Lipinski definition) is 2.